The predicted molar refractivity (Wildman–Crippen MR) is 88.6 cm³/mol. The molecule has 1 unspecified atom stereocenters. The smallest absolute Gasteiger partial charge is 0.123 e. The topological polar surface area (TPSA) is 21.3 Å². The molecule has 1 N–H and O–H groups in total. The lowest BCUT2D eigenvalue weighted by Gasteiger charge is -2.28. The number of benzene rings is 2. The van der Waals surface area contributed by atoms with Crippen LogP contribution in [0.5, 0.6) is 5.75 Å². The van der Waals surface area contributed by atoms with Gasteiger partial charge in [-0.2, -0.15) is 0 Å². The number of methoxy groups -OCH3 is 1. The second-order valence-corrected chi connectivity index (χ2v) is 5.76. The van der Waals surface area contributed by atoms with Gasteiger partial charge in [0.05, 0.1) is 7.11 Å². The molecule has 0 aliphatic rings. The highest BCUT2D eigenvalue weighted by Crippen LogP contribution is 2.29. The molecule has 0 radical (unpaired) electrons. The van der Waals surface area contributed by atoms with Crippen molar-refractivity contribution in [3.05, 3.63) is 65.7 Å². The van der Waals surface area contributed by atoms with E-state index in [9.17, 15) is 0 Å². The van der Waals surface area contributed by atoms with Crippen LogP contribution in [0.2, 0.25) is 0 Å². The van der Waals surface area contributed by atoms with Crippen LogP contribution in [0.15, 0.2) is 54.6 Å². The van der Waals surface area contributed by atoms with Crippen molar-refractivity contribution in [2.24, 2.45) is 5.92 Å². The van der Waals surface area contributed by atoms with Crippen LogP contribution < -0.4 is 10.1 Å². The maximum Gasteiger partial charge on any atom is 0.123 e. The number of hydrogen-bond donors (Lipinski definition) is 1. The summed E-state index contributed by atoms with van der Waals surface area (Å²) in [6, 6.07) is 19.4. The monoisotopic (exact) mass is 283 g/mol. The predicted octanol–water partition coefficient (Wildman–Crippen LogP) is 4.74. The Morgan fingerprint density at radius 2 is 1.48 bits per heavy atom. The molecule has 0 saturated carbocycles. The highest BCUT2D eigenvalue weighted by molar-refractivity contribution is 5.35. The van der Waals surface area contributed by atoms with Gasteiger partial charge in [-0.15, -0.1) is 0 Å². The van der Waals surface area contributed by atoms with Crippen LogP contribution in [0.25, 0.3) is 0 Å². The third-order valence-electron chi connectivity index (χ3n) is 3.86. The minimum Gasteiger partial charge on any atom is -0.496 e. The van der Waals surface area contributed by atoms with Crippen molar-refractivity contribution >= 4 is 0 Å². The van der Waals surface area contributed by atoms with Gasteiger partial charge in [-0.05, 0) is 24.5 Å². The Bertz CT molecular complexity index is 551. The second-order valence-electron chi connectivity index (χ2n) is 5.76. The van der Waals surface area contributed by atoms with Gasteiger partial charge in [0, 0.05) is 17.6 Å². The molecule has 2 rings (SSSR count). The highest BCUT2D eigenvalue weighted by Gasteiger charge is 2.20. The highest BCUT2D eigenvalue weighted by atomic mass is 16.5. The summed E-state index contributed by atoms with van der Waals surface area (Å²) in [6.07, 6.45) is 0. The van der Waals surface area contributed by atoms with E-state index in [0.717, 1.165) is 5.75 Å². The Labute approximate surface area is 128 Å². The summed E-state index contributed by atoms with van der Waals surface area (Å²) in [4.78, 5) is 0. The molecule has 2 aromatic carbocycles. The lowest BCUT2D eigenvalue weighted by atomic mass is 9.94. The quantitative estimate of drug-likeness (QED) is 0.826. The average molecular weight is 283 g/mol. The van der Waals surface area contributed by atoms with Crippen molar-refractivity contribution in [1.82, 2.24) is 5.32 Å². The van der Waals surface area contributed by atoms with Gasteiger partial charge in [-0.25, -0.2) is 0 Å². The van der Waals surface area contributed by atoms with Crippen molar-refractivity contribution < 1.29 is 4.74 Å². The fraction of sp³-hybridized carbons (Fsp3) is 0.368. The van der Waals surface area contributed by atoms with Crippen LogP contribution in [-0.4, -0.2) is 7.11 Å². The van der Waals surface area contributed by atoms with Crippen molar-refractivity contribution in [3.8, 4) is 5.75 Å². The second kappa shape index (κ2) is 7.28. The molecule has 2 aromatic rings. The van der Waals surface area contributed by atoms with E-state index in [1.807, 2.05) is 12.1 Å². The molecule has 0 aromatic heterocycles. The molecule has 21 heavy (non-hydrogen) atoms. The molecule has 112 valence electrons. The average Bonchev–Trinajstić information content (AvgIpc) is 2.52. The molecule has 2 heteroatoms. The Balaban J connectivity index is 2.21. The Hall–Kier alpha value is -1.80. The van der Waals surface area contributed by atoms with E-state index in [2.05, 4.69) is 68.6 Å². The van der Waals surface area contributed by atoms with Gasteiger partial charge in [0.1, 0.15) is 5.75 Å². The molecule has 0 bridgehead atoms. The molecular formula is C19H25NO. The first-order chi connectivity index (χ1) is 10.1. The fourth-order valence-electron chi connectivity index (χ4n) is 2.72. The summed E-state index contributed by atoms with van der Waals surface area (Å²) >= 11 is 0. The van der Waals surface area contributed by atoms with Gasteiger partial charge in [0.2, 0.25) is 0 Å². The molecule has 2 nitrogen and oxygen atoms in total. The van der Waals surface area contributed by atoms with Crippen LogP contribution in [0.3, 0.4) is 0 Å². The lowest BCUT2D eigenvalue weighted by Crippen LogP contribution is -2.28. The van der Waals surface area contributed by atoms with Crippen molar-refractivity contribution in [2.75, 3.05) is 7.11 Å². The van der Waals surface area contributed by atoms with Crippen molar-refractivity contribution in [2.45, 2.75) is 32.9 Å². The Kier molecular flexibility index (Phi) is 5.40. The number of rotatable bonds is 6. The summed E-state index contributed by atoms with van der Waals surface area (Å²) in [5.74, 6) is 1.46. The van der Waals surface area contributed by atoms with E-state index < -0.39 is 0 Å². The first kappa shape index (κ1) is 15.6. The van der Waals surface area contributed by atoms with E-state index in [1.54, 1.807) is 7.11 Å². The van der Waals surface area contributed by atoms with E-state index in [1.165, 1.54) is 11.1 Å². The van der Waals surface area contributed by atoms with Crippen LogP contribution in [0.4, 0.5) is 0 Å². The summed E-state index contributed by atoms with van der Waals surface area (Å²) < 4.78 is 5.47. The van der Waals surface area contributed by atoms with Gasteiger partial charge in [-0.1, -0.05) is 62.4 Å². The third-order valence-corrected chi connectivity index (χ3v) is 3.86. The molecule has 0 heterocycles. The normalized spacial score (nSPS) is 14.0. The maximum atomic E-state index is 5.47. The molecule has 0 saturated heterocycles. The van der Waals surface area contributed by atoms with Gasteiger partial charge >= 0.3 is 0 Å². The third kappa shape index (κ3) is 3.85. The summed E-state index contributed by atoms with van der Waals surface area (Å²) in [7, 11) is 1.72. The van der Waals surface area contributed by atoms with Crippen LogP contribution in [0.1, 0.15) is 44.0 Å². The van der Waals surface area contributed by atoms with Gasteiger partial charge in [0.25, 0.3) is 0 Å². The van der Waals surface area contributed by atoms with Gasteiger partial charge in [-0.3, -0.25) is 0 Å². The minimum absolute atomic E-state index is 0.230. The molecule has 0 aliphatic heterocycles. The van der Waals surface area contributed by atoms with Gasteiger partial charge in [0.15, 0.2) is 0 Å². The standard InChI is InChI=1S/C19H25NO/c1-14(2)19(16-10-6-5-7-11-16)20-15(3)17-12-8-9-13-18(17)21-4/h5-15,19-20H,1-4H3/t15-,19?/m1/s1. The molecule has 0 aliphatic carbocycles. The number of nitrogens with one attached hydrogen (secondary N) is 1. The van der Waals surface area contributed by atoms with E-state index in [0.29, 0.717) is 12.0 Å². The Morgan fingerprint density at radius 1 is 0.857 bits per heavy atom. The zero-order valence-electron chi connectivity index (χ0n) is 13.3. The minimum atomic E-state index is 0.230. The molecular weight excluding hydrogens is 258 g/mol. The van der Waals surface area contributed by atoms with Gasteiger partial charge < -0.3 is 10.1 Å². The van der Waals surface area contributed by atoms with Crippen LogP contribution in [0, 0.1) is 5.92 Å². The number of ether oxygens (including phenoxy) is 1. The first-order valence-corrected chi connectivity index (χ1v) is 7.57. The Morgan fingerprint density at radius 3 is 2.10 bits per heavy atom. The van der Waals surface area contributed by atoms with Crippen LogP contribution in [-0.2, 0) is 0 Å². The van der Waals surface area contributed by atoms with Crippen LogP contribution >= 0.6 is 0 Å². The van der Waals surface area contributed by atoms with E-state index in [4.69, 9.17) is 4.74 Å². The largest absolute Gasteiger partial charge is 0.496 e. The SMILES string of the molecule is COc1ccccc1[C@@H](C)NC(c1ccccc1)C(C)C. The molecule has 0 amide bonds. The number of hydrogen-bond acceptors (Lipinski definition) is 2. The first-order valence-electron chi connectivity index (χ1n) is 7.57. The number of para-hydroxylation sites is 1. The van der Waals surface area contributed by atoms with Crippen molar-refractivity contribution in [1.29, 1.82) is 0 Å². The fourth-order valence-corrected chi connectivity index (χ4v) is 2.72. The zero-order chi connectivity index (χ0) is 15.2. The summed E-state index contributed by atoms with van der Waals surface area (Å²) in [5, 5.41) is 3.74. The zero-order valence-corrected chi connectivity index (χ0v) is 13.3. The summed E-state index contributed by atoms with van der Waals surface area (Å²) in [6.45, 7) is 6.69. The molecule has 2 atom stereocenters. The van der Waals surface area contributed by atoms with E-state index in [-0.39, 0.29) is 6.04 Å². The molecule has 0 spiro atoms. The summed E-state index contributed by atoms with van der Waals surface area (Å²) in [5.41, 5.74) is 2.52. The van der Waals surface area contributed by atoms with E-state index >= 15 is 0 Å². The lowest BCUT2D eigenvalue weighted by molar-refractivity contribution is 0.359. The van der Waals surface area contributed by atoms with Crippen molar-refractivity contribution in [3.63, 3.8) is 0 Å². The maximum absolute atomic E-state index is 5.47. The molecule has 0 fully saturated rings.